The minimum Gasteiger partial charge on any atom is -0.467 e. The first kappa shape index (κ1) is 18.7. The lowest BCUT2D eigenvalue weighted by molar-refractivity contribution is -0.146. The van der Waals surface area contributed by atoms with E-state index in [1.165, 1.54) is 7.11 Å². The molecule has 0 radical (unpaired) electrons. The number of amides is 1. The van der Waals surface area contributed by atoms with Crippen molar-refractivity contribution in [2.45, 2.75) is 38.8 Å². The lowest BCUT2D eigenvalue weighted by Crippen LogP contribution is -2.47. The van der Waals surface area contributed by atoms with E-state index in [9.17, 15) is 14.7 Å². The van der Waals surface area contributed by atoms with Crippen molar-refractivity contribution in [3.8, 4) is 6.07 Å². The summed E-state index contributed by atoms with van der Waals surface area (Å²) >= 11 is 0. The van der Waals surface area contributed by atoms with Crippen LogP contribution in [0.4, 0.5) is 0 Å². The van der Waals surface area contributed by atoms with Gasteiger partial charge in [-0.05, 0) is 30.0 Å². The maximum absolute atomic E-state index is 12.0. The fourth-order valence-corrected chi connectivity index (χ4v) is 2.16. The van der Waals surface area contributed by atoms with E-state index in [2.05, 4.69) is 5.32 Å². The molecule has 0 unspecified atom stereocenters. The average Bonchev–Trinajstić information content (AvgIpc) is 2.52. The van der Waals surface area contributed by atoms with Gasteiger partial charge in [0.05, 0.1) is 18.7 Å². The van der Waals surface area contributed by atoms with Crippen molar-refractivity contribution in [3.05, 3.63) is 35.4 Å². The molecule has 1 amide bonds. The quantitative estimate of drug-likeness (QED) is 0.735. The van der Waals surface area contributed by atoms with Crippen LogP contribution in [0.25, 0.3) is 0 Å². The minimum absolute atomic E-state index is 0.152. The van der Waals surface area contributed by atoms with Crippen LogP contribution in [0.3, 0.4) is 0 Å². The first-order valence-corrected chi connectivity index (χ1v) is 7.42. The zero-order chi connectivity index (χ0) is 17.4. The van der Waals surface area contributed by atoms with Crippen LogP contribution in [0.2, 0.25) is 0 Å². The fraction of sp³-hybridized carbons (Fsp3) is 0.471. The SMILES string of the molecule is COC(=O)[C@@H](Cc1cccc(C#N)c1)NC(=O)[C@@H](O)CC(C)C. The number of aliphatic hydroxyl groups excluding tert-OH is 1. The van der Waals surface area contributed by atoms with Gasteiger partial charge in [-0.25, -0.2) is 4.79 Å². The number of carbonyl (C=O) groups excluding carboxylic acids is 2. The van der Waals surface area contributed by atoms with Gasteiger partial charge >= 0.3 is 5.97 Å². The number of carbonyl (C=O) groups is 2. The molecule has 0 aromatic heterocycles. The molecular weight excluding hydrogens is 296 g/mol. The number of hydrogen-bond acceptors (Lipinski definition) is 5. The first-order chi connectivity index (χ1) is 10.9. The van der Waals surface area contributed by atoms with E-state index >= 15 is 0 Å². The number of rotatable bonds is 7. The Labute approximate surface area is 136 Å². The fourth-order valence-electron chi connectivity index (χ4n) is 2.16. The third-order valence-electron chi connectivity index (χ3n) is 3.30. The molecule has 6 heteroatoms. The monoisotopic (exact) mass is 318 g/mol. The maximum Gasteiger partial charge on any atom is 0.328 e. The summed E-state index contributed by atoms with van der Waals surface area (Å²) in [6.07, 6.45) is -0.681. The Kier molecular flexibility index (Phi) is 7.23. The smallest absolute Gasteiger partial charge is 0.328 e. The molecule has 124 valence electrons. The summed E-state index contributed by atoms with van der Waals surface area (Å²) in [4.78, 5) is 23.9. The predicted octanol–water partition coefficient (Wildman–Crippen LogP) is 1.17. The van der Waals surface area contributed by atoms with Crippen LogP contribution in [0.1, 0.15) is 31.4 Å². The molecule has 0 aliphatic carbocycles. The number of esters is 1. The van der Waals surface area contributed by atoms with Crippen molar-refractivity contribution in [2.75, 3.05) is 7.11 Å². The van der Waals surface area contributed by atoms with E-state index in [1.54, 1.807) is 24.3 Å². The molecule has 0 bridgehead atoms. The molecule has 0 heterocycles. The number of methoxy groups -OCH3 is 1. The van der Waals surface area contributed by atoms with E-state index in [0.29, 0.717) is 12.0 Å². The van der Waals surface area contributed by atoms with Gasteiger partial charge in [0.1, 0.15) is 12.1 Å². The summed E-state index contributed by atoms with van der Waals surface area (Å²) in [7, 11) is 1.23. The van der Waals surface area contributed by atoms with Crippen molar-refractivity contribution in [1.82, 2.24) is 5.32 Å². The molecule has 1 aromatic carbocycles. The molecule has 2 atom stereocenters. The number of benzene rings is 1. The van der Waals surface area contributed by atoms with E-state index < -0.39 is 24.0 Å². The standard InChI is InChI=1S/C17H22N2O4/c1-11(2)7-15(20)16(21)19-14(17(22)23-3)9-12-5-4-6-13(8-12)10-18/h4-6,8,11,14-15,20H,7,9H2,1-3H3,(H,19,21)/t14-,15+/m1/s1. The van der Waals surface area contributed by atoms with E-state index in [0.717, 1.165) is 5.56 Å². The zero-order valence-electron chi connectivity index (χ0n) is 13.6. The van der Waals surface area contributed by atoms with E-state index in [1.807, 2.05) is 19.9 Å². The first-order valence-electron chi connectivity index (χ1n) is 7.42. The highest BCUT2D eigenvalue weighted by atomic mass is 16.5. The lowest BCUT2D eigenvalue weighted by Gasteiger charge is -2.19. The summed E-state index contributed by atoms with van der Waals surface area (Å²) in [6, 6.07) is 7.87. The molecule has 23 heavy (non-hydrogen) atoms. The third-order valence-corrected chi connectivity index (χ3v) is 3.30. The molecule has 1 rings (SSSR count). The van der Waals surface area contributed by atoms with Crippen molar-refractivity contribution in [2.24, 2.45) is 5.92 Å². The molecule has 0 spiro atoms. The molecule has 2 N–H and O–H groups in total. The number of ether oxygens (including phenoxy) is 1. The Bertz CT molecular complexity index is 593. The van der Waals surface area contributed by atoms with Crippen LogP contribution < -0.4 is 5.32 Å². The summed E-state index contributed by atoms with van der Waals surface area (Å²) in [5.74, 6) is -1.05. The Morgan fingerprint density at radius 2 is 2.09 bits per heavy atom. The maximum atomic E-state index is 12.0. The van der Waals surface area contributed by atoms with Crippen LogP contribution in [0.5, 0.6) is 0 Å². The predicted molar refractivity (Wildman–Crippen MR) is 84.3 cm³/mol. The van der Waals surface area contributed by atoms with Crippen LogP contribution in [-0.4, -0.2) is 36.2 Å². The molecule has 0 saturated heterocycles. The largest absolute Gasteiger partial charge is 0.467 e. The number of nitrogens with zero attached hydrogens (tertiary/aromatic N) is 1. The van der Waals surface area contributed by atoms with Crippen molar-refractivity contribution in [3.63, 3.8) is 0 Å². The number of nitrogens with one attached hydrogen (secondary N) is 1. The van der Waals surface area contributed by atoms with Gasteiger partial charge in [-0.2, -0.15) is 5.26 Å². The normalized spacial score (nSPS) is 13.0. The summed E-state index contributed by atoms with van der Waals surface area (Å²) in [5.41, 5.74) is 1.19. The highest BCUT2D eigenvalue weighted by Crippen LogP contribution is 2.10. The van der Waals surface area contributed by atoms with E-state index in [-0.39, 0.29) is 12.3 Å². The van der Waals surface area contributed by atoms with E-state index in [4.69, 9.17) is 10.00 Å². The Hall–Kier alpha value is -2.39. The van der Waals surface area contributed by atoms with Gasteiger partial charge in [0.25, 0.3) is 0 Å². The minimum atomic E-state index is -1.17. The number of hydrogen-bond donors (Lipinski definition) is 2. The van der Waals surface area contributed by atoms with Crippen LogP contribution >= 0.6 is 0 Å². The van der Waals surface area contributed by atoms with Gasteiger partial charge in [-0.1, -0.05) is 26.0 Å². The molecule has 0 aliphatic rings. The van der Waals surface area contributed by atoms with Gasteiger partial charge in [0, 0.05) is 6.42 Å². The molecule has 1 aromatic rings. The van der Waals surface area contributed by atoms with Crippen LogP contribution in [0, 0.1) is 17.2 Å². The van der Waals surface area contributed by atoms with Crippen molar-refractivity contribution in [1.29, 1.82) is 5.26 Å². The summed E-state index contributed by atoms with van der Waals surface area (Å²) in [5, 5.41) is 21.3. The van der Waals surface area contributed by atoms with Crippen LogP contribution in [0.15, 0.2) is 24.3 Å². The molecule has 0 fully saturated rings. The van der Waals surface area contributed by atoms with Gasteiger partial charge in [-0.3, -0.25) is 4.79 Å². The molecule has 0 aliphatic heterocycles. The van der Waals surface area contributed by atoms with Crippen molar-refractivity contribution < 1.29 is 19.4 Å². The van der Waals surface area contributed by atoms with Crippen molar-refractivity contribution >= 4 is 11.9 Å². The summed E-state index contributed by atoms with van der Waals surface area (Å²) in [6.45, 7) is 3.78. The third kappa shape index (κ3) is 6.09. The highest BCUT2D eigenvalue weighted by molar-refractivity contribution is 5.87. The average molecular weight is 318 g/mol. The Balaban J connectivity index is 2.82. The summed E-state index contributed by atoms with van der Waals surface area (Å²) < 4.78 is 4.70. The number of nitriles is 1. The van der Waals surface area contributed by atoms with Gasteiger partial charge < -0.3 is 15.2 Å². The zero-order valence-corrected chi connectivity index (χ0v) is 13.6. The second-order valence-electron chi connectivity index (χ2n) is 5.75. The molecule has 0 saturated carbocycles. The van der Waals surface area contributed by atoms with Crippen LogP contribution in [-0.2, 0) is 20.7 Å². The molecule has 6 nitrogen and oxygen atoms in total. The Morgan fingerprint density at radius 1 is 1.39 bits per heavy atom. The second kappa shape index (κ2) is 8.91. The van der Waals surface area contributed by atoms with Gasteiger partial charge in [0.2, 0.25) is 5.91 Å². The number of aliphatic hydroxyl groups is 1. The lowest BCUT2D eigenvalue weighted by atomic mass is 10.0. The highest BCUT2D eigenvalue weighted by Gasteiger charge is 2.25. The topological polar surface area (TPSA) is 99.4 Å². The van der Waals surface area contributed by atoms with Gasteiger partial charge in [0.15, 0.2) is 0 Å². The van der Waals surface area contributed by atoms with Gasteiger partial charge in [-0.15, -0.1) is 0 Å². The molecular formula is C17H22N2O4. The Morgan fingerprint density at radius 3 is 2.65 bits per heavy atom. The second-order valence-corrected chi connectivity index (χ2v) is 5.75.